The number of aryl methyl sites for hydroxylation is 3. The van der Waals surface area contributed by atoms with Crippen LogP contribution in [0.15, 0.2) is 60.7 Å². The average molecular weight is 437 g/mol. The van der Waals surface area contributed by atoms with Gasteiger partial charge in [0.05, 0.1) is 0 Å². The summed E-state index contributed by atoms with van der Waals surface area (Å²) in [6.45, 7) is 7.65. The number of hydrogen-bond donors (Lipinski definition) is 2. The van der Waals surface area contributed by atoms with Gasteiger partial charge in [0.1, 0.15) is 5.75 Å². The van der Waals surface area contributed by atoms with Gasteiger partial charge < -0.3 is 15.4 Å². The molecule has 6 heteroatoms. The summed E-state index contributed by atoms with van der Waals surface area (Å²) in [6.07, 6.45) is -0.700. The molecule has 2 amide bonds. The number of halogens is 1. The van der Waals surface area contributed by atoms with Crippen molar-refractivity contribution in [1.82, 2.24) is 0 Å². The Balaban J connectivity index is 1.60. The van der Waals surface area contributed by atoms with Crippen molar-refractivity contribution < 1.29 is 14.3 Å². The second-order valence-corrected chi connectivity index (χ2v) is 7.94. The first-order chi connectivity index (χ1) is 14.7. The molecule has 0 fully saturated rings. The van der Waals surface area contributed by atoms with Crippen LogP contribution in [-0.2, 0) is 4.79 Å². The highest BCUT2D eigenvalue weighted by atomic mass is 35.5. The molecule has 2 N–H and O–H groups in total. The van der Waals surface area contributed by atoms with Crippen LogP contribution in [0.4, 0.5) is 11.4 Å². The number of benzene rings is 3. The Kier molecular flexibility index (Phi) is 6.98. The third-order valence-electron chi connectivity index (χ3n) is 4.83. The van der Waals surface area contributed by atoms with Crippen molar-refractivity contribution in [1.29, 1.82) is 0 Å². The predicted molar refractivity (Wildman–Crippen MR) is 125 cm³/mol. The summed E-state index contributed by atoms with van der Waals surface area (Å²) >= 11 is 5.86. The summed E-state index contributed by atoms with van der Waals surface area (Å²) in [5.74, 6) is 0.0210. The largest absolute Gasteiger partial charge is 0.481 e. The van der Waals surface area contributed by atoms with Crippen LogP contribution < -0.4 is 15.4 Å². The molecule has 31 heavy (non-hydrogen) atoms. The van der Waals surface area contributed by atoms with E-state index in [4.69, 9.17) is 16.3 Å². The molecule has 0 bridgehead atoms. The van der Waals surface area contributed by atoms with Gasteiger partial charge in [0.25, 0.3) is 11.8 Å². The summed E-state index contributed by atoms with van der Waals surface area (Å²) < 4.78 is 5.76. The molecule has 3 rings (SSSR count). The van der Waals surface area contributed by atoms with E-state index in [1.54, 1.807) is 55.5 Å². The predicted octanol–water partition coefficient (Wildman–Crippen LogP) is 5.92. The van der Waals surface area contributed by atoms with Gasteiger partial charge in [0.2, 0.25) is 0 Å². The molecule has 1 atom stereocenters. The highest BCUT2D eigenvalue weighted by molar-refractivity contribution is 6.30. The van der Waals surface area contributed by atoms with E-state index in [1.807, 2.05) is 32.9 Å². The number of amides is 2. The van der Waals surface area contributed by atoms with Gasteiger partial charge in [0.15, 0.2) is 6.10 Å². The minimum atomic E-state index is -0.700. The van der Waals surface area contributed by atoms with E-state index < -0.39 is 6.10 Å². The smallest absolute Gasteiger partial charge is 0.265 e. The van der Waals surface area contributed by atoms with Crippen LogP contribution in [-0.4, -0.2) is 17.9 Å². The fraction of sp³-hybridized carbons (Fsp3) is 0.200. The molecule has 0 aliphatic rings. The molecule has 0 heterocycles. The molecule has 0 spiro atoms. The van der Waals surface area contributed by atoms with Gasteiger partial charge in [-0.15, -0.1) is 0 Å². The Bertz CT molecular complexity index is 1070. The molecule has 3 aromatic rings. The van der Waals surface area contributed by atoms with Crippen molar-refractivity contribution in [3.05, 3.63) is 87.9 Å². The molecule has 0 aliphatic carbocycles. The minimum Gasteiger partial charge on any atom is -0.481 e. The number of rotatable bonds is 6. The Morgan fingerprint density at radius 2 is 1.45 bits per heavy atom. The van der Waals surface area contributed by atoms with E-state index in [-0.39, 0.29) is 11.8 Å². The SMILES string of the molecule is Cc1cc(C)c(NC(=O)C(C)Oc2ccc(C(=O)Nc3ccc(Cl)cc3)cc2)c(C)c1. The topological polar surface area (TPSA) is 67.4 Å². The molecule has 3 aromatic carbocycles. The van der Waals surface area contributed by atoms with E-state index in [0.717, 1.165) is 22.4 Å². The summed E-state index contributed by atoms with van der Waals surface area (Å²) in [6, 6.07) is 17.6. The zero-order valence-corrected chi connectivity index (χ0v) is 18.7. The standard InChI is InChI=1S/C25H25ClN2O3/c1-15-13-16(2)23(17(3)14-15)28-24(29)18(4)31-22-11-5-19(6-12-22)25(30)27-21-9-7-20(26)8-10-21/h5-14,18H,1-4H3,(H,27,30)(H,28,29). The van der Waals surface area contributed by atoms with Crippen molar-refractivity contribution in [3.63, 3.8) is 0 Å². The second-order valence-electron chi connectivity index (χ2n) is 7.51. The van der Waals surface area contributed by atoms with Crippen molar-refractivity contribution in [2.24, 2.45) is 0 Å². The molecule has 0 radical (unpaired) electrons. The molecular weight excluding hydrogens is 412 g/mol. The summed E-state index contributed by atoms with van der Waals surface area (Å²) in [5.41, 5.74) is 5.10. The molecule has 0 aliphatic heterocycles. The lowest BCUT2D eigenvalue weighted by Gasteiger charge is -2.18. The highest BCUT2D eigenvalue weighted by Gasteiger charge is 2.17. The van der Waals surface area contributed by atoms with E-state index in [2.05, 4.69) is 10.6 Å². The number of nitrogens with one attached hydrogen (secondary N) is 2. The van der Waals surface area contributed by atoms with E-state index in [9.17, 15) is 9.59 Å². The van der Waals surface area contributed by atoms with Gasteiger partial charge in [-0.2, -0.15) is 0 Å². The first kappa shape index (κ1) is 22.4. The van der Waals surface area contributed by atoms with E-state index >= 15 is 0 Å². The second kappa shape index (κ2) is 9.67. The van der Waals surface area contributed by atoms with Crippen molar-refractivity contribution in [2.45, 2.75) is 33.8 Å². The van der Waals surface area contributed by atoms with E-state index in [1.165, 1.54) is 0 Å². The van der Waals surface area contributed by atoms with Crippen LogP contribution in [0.2, 0.25) is 5.02 Å². The Labute approximate surface area is 187 Å². The van der Waals surface area contributed by atoms with E-state index in [0.29, 0.717) is 22.0 Å². The maximum absolute atomic E-state index is 12.6. The Morgan fingerprint density at radius 1 is 0.871 bits per heavy atom. The molecule has 5 nitrogen and oxygen atoms in total. The third kappa shape index (κ3) is 5.86. The van der Waals surface area contributed by atoms with Gasteiger partial charge in [-0.25, -0.2) is 0 Å². The highest BCUT2D eigenvalue weighted by Crippen LogP contribution is 2.23. The third-order valence-corrected chi connectivity index (χ3v) is 5.08. The van der Waals surface area contributed by atoms with Gasteiger partial charge in [-0.3, -0.25) is 9.59 Å². The molecule has 1 unspecified atom stereocenters. The summed E-state index contributed by atoms with van der Waals surface area (Å²) in [7, 11) is 0. The lowest BCUT2D eigenvalue weighted by molar-refractivity contribution is -0.122. The van der Waals surface area contributed by atoms with Crippen LogP contribution in [0.3, 0.4) is 0 Å². The van der Waals surface area contributed by atoms with Gasteiger partial charge in [-0.05, 0) is 87.4 Å². The molecule has 0 saturated carbocycles. The Morgan fingerprint density at radius 3 is 2.03 bits per heavy atom. The average Bonchev–Trinajstić information content (AvgIpc) is 2.72. The zero-order valence-electron chi connectivity index (χ0n) is 18.0. The lowest BCUT2D eigenvalue weighted by Crippen LogP contribution is -2.30. The van der Waals surface area contributed by atoms with Crippen LogP contribution in [0.1, 0.15) is 34.0 Å². The normalized spacial score (nSPS) is 11.5. The van der Waals surface area contributed by atoms with Gasteiger partial charge >= 0.3 is 0 Å². The summed E-state index contributed by atoms with van der Waals surface area (Å²) in [5, 5.41) is 6.35. The molecular formula is C25H25ClN2O3. The van der Waals surface area contributed by atoms with Gasteiger partial charge in [-0.1, -0.05) is 29.3 Å². The fourth-order valence-corrected chi connectivity index (χ4v) is 3.41. The van der Waals surface area contributed by atoms with Crippen LogP contribution in [0, 0.1) is 20.8 Å². The first-order valence-electron chi connectivity index (χ1n) is 9.95. The number of carbonyl (C=O) groups is 2. The monoisotopic (exact) mass is 436 g/mol. The number of ether oxygens (including phenoxy) is 1. The minimum absolute atomic E-state index is 0.236. The van der Waals surface area contributed by atoms with Crippen LogP contribution in [0.5, 0.6) is 5.75 Å². The zero-order chi connectivity index (χ0) is 22.5. The number of hydrogen-bond acceptors (Lipinski definition) is 3. The maximum atomic E-state index is 12.6. The maximum Gasteiger partial charge on any atom is 0.265 e. The summed E-state index contributed by atoms with van der Waals surface area (Å²) in [4.78, 5) is 25.0. The Hall–Kier alpha value is -3.31. The van der Waals surface area contributed by atoms with Crippen molar-refractivity contribution in [3.8, 4) is 5.75 Å². The van der Waals surface area contributed by atoms with Gasteiger partial charge in [0, 0.05) is 22.0 Å². The van der Waals surface area contributed by atoms with Crippen LogP contribution in [0.25, 0.3) is 0 Å². The first-order valence-corrected chi connectivity index (χ1v) is 10.3. The fourth-order valence-electron chi connectivity index (χ4n) is 3.28. The molecule has 0 aromatic heterocycles. The quantitative estimate of drug-likeness (QED) is 0.503. The number of anilines is 2. The lowest BCUT2D eigenvalue weighted by atomic mass is 10.0. The number of carbonyl (C=O) groups excluding carboxylic acids is 2. The van der Waals surface area contributed by atoms with Crippen molar-refractivity contribution in [2.75, 3.05) is 10.6 Å². The van der Waals surface area contributed by atoms with Crippen molar-refractivity contribution >= 4 is 34.8 Å². The molecule has 0 saturated heterocycles. The van der Waals surface area contributed by atoms with Crippen LogP contribution >= 0.6 is 11.6 Å². The molecule has 160 valence electrons.